The van der Waals surface area contributed by atoms with E-state index in [9.17, 15) is 0 Å². The van der Waals surface area contributed by atoms with Crippen molar-refractivity contribution in [3.8, 4) is 0 Å². The average Bonchev–Trinajstić information content (AvgIpc) is 2.60. The Morgan fingerprint density at radius 3 is 2.12 bits per heavy atom. The van der Waals surface area contributed by atoms with Crippen molar-refractivity contribution in [2.75, 3.05) is 41.3 Å². The molecule has 0 unspecified atom stereocenters. The van der Waals surface area contributed by atoms with Crippen molar-refractivity contribution < 1.29 is 0 Å². The lowest BCUT2D eigenvalue weighted by Gasteiger charge is -2.22. The minimum atomic E-state index is 0.825. The number of nitrogens with zero attached hydrogens (tertiary/aromatic N) is 4. The molecule has 1 aromatic carbocycles. The number of aryl methyl sites for hydroxylation is 1. The highest BCUT2D eigenvalue weighted by Gasteiger charge is 2.08. The van der Waals surface area contributed by atoms with E-state index in [1.54, 1.807) is 6.33 Å². The molecule has 0 saturated carbocycles. The van der Waals surface area contributed by atoms with Crippen LogP contribution in [0.3, 0.4) is 0 Å². The number of nitrogens with one attached hydrogen (secondary N) is 1. The van der Waals surface area contributed by atoms with Gasteiger partial charge < -0.3 is 15.1 Å². The summed E-state index contributed by atoms with van der Waals surface area (Å²) < 4.78 is 0. The summed E-state index contributed by atoms with van der Waals surface area (Å²) >= 11 is 0. The van der Waals surface area contributed by atoms with Crippen LogP contribution < -0.4 is 15.1 Å². The summed E-state index contributed by atoms with van der Waals surface area (Å²) in [6.45, 7) is 14.7. The van der Waals surface area contributed by atoms with Gasteiger partial charge in [-0.2, -0.15) is 0 Å². The van der Waals surface area contributed by atoms with Crippen molar-refractivity contribution >= 4 is 23.0 Å². The number of hydrogen-bond acceptors (Lipinski definition) is 5. The Hall–Kier alpha value is -2.30. The molecule has 130 valence electrons. The third-order valence-corrected chi connectivity index (χ3v) is 4.34. The smallest absolute Gasteiger partial charge is 0.135 e. The normalized spacial score (nSPS) is 10.5. The molecule has 1 aromatic heterocycles. The van der Waals surface area contributed by atoms with Crippen LogP contribution in [-0.2, 0) is 0 Å². The van der Waals surface area contributed by atoms with Crippen LogP contribution in [-0.4, -0.2) is 36.1 Å². The van der Waals surface area contributed by atoms with E-state index in [0.717, 1.165) is 43.5 Å². The molecule has 0 bridgehead atoms. The second-order valence-electron chi connectivity index (χ2n) is 5.73. The molecule has 5 nitrogen and oxygen atoms in total. The van der Waals surface area contributed by atoms with Crippen molar-refractivity contribution in [3.63, 3.8) is 0 Å². The molecule has 2 aromatic rings. The topological polar surface area (TPSA) is 44.3 Å². The zero-order valence-electron chi connectivity index (χ0n) is 15.5. The van der Waals surface area contributed by atoms with Gasteiger partial charge in [-0.3, -0.25) is 0 Å². The molecule has 0 atom stereocenters. The summed E-state index contributed by atoms with van der Waals surface area (Å²) in [7, 11) is 0. The molecule has 2 rings (SSSR count). The third kappa shape index (κ3) is 4.16. The van der Waals surface area contributed by atoms with Gasteiger partial charge in [-0.25, -0.2) is 9.97 Å². The summed E-state index contributed by atoms with van der Waals surface area (Å²) in [6, 6.07) is 8.52. The Labute approximate surface area is 145 Å². The van der Waals surface area contributed by atoms with Crippen LogP contribution in [0.5, 0.6) is 0 Å². The number of aromatic nitrogens is 2. The van der Waals surface area contributed by atoms with Gasteiger partial charge in [0.15, 0.2) is 0 Å². The summed E-state index contributed by atoms with van der Waals surface area (Å²) in [5, 5.41) is 3.42. The van der Waals surface area contributed by atoms with Crippen LogP contribution in [0.15, 0.2) is 30.6 Å². The molecule has 0 spiro atoms. The van der Waals surface area contributed by atoms with Crippen LogP contribution in [0.2, 0.25) is 0 Å². The SMILES string of the molecule is CCN(CC)c1ccc(Nc2cc(N(CC)CC)ncn2)c(C)c1. The second kappa shape index (κ2) is 8.52. The summed E-state index contributed by atoms with van der Waals surface area (Å²) in [6.07, 6.45) is 1.62. The van der Waals surface area contributed by atoms with Crippen molar-refractivity contribution in [1.29, 1.82) is 0 Å². The van der Waals surface area contributed by atoms with Crippen molar-refractivity contribution in [3.05, 3.63) is 36.2 Å². The molecule has 1 heterocycles. The van der Waals surface area contributed by atoms with Gasteiger partial charge >= 0.3 is 0 Å². The third-order valence-electron chi connectivity index (χ3n) is 4.34. The van der Waals surface area contributed by atoms with Gasteiger partial charge in [0.1, 0.15) is 18.0 Å². The van der Waals surface area contributed by atoms with Gasteiger partial charge in [0, 0.05) is 43.6 Å². The van der Waals surface area contributed by atoms with E-state index in [1.807, 2.05) is 6.07 Å². The Kier molecular flexibility index (Phi) is 6.41. The Balaban J connectivity index is 2.21. The standard InChI is InChI=1S/C19H29N5/c1-6-23(7-2)16-10-11-17(15(5)12-16)22-18-13-19(21-14-20-18)24(8-3)9-4/h10-14H,6-9H2,1-5H3,(H,20,21,22). The lowest BCUT2D eigenvalue weighted by atomic mass is 10.1. The first-order chi connectivity index (χ1) is 11.6. The molecular weight excluding hydrogens is 298 g/mol. The molecule has 0 amide bonds. The zero-order chi connectivity index (χ0) is 17.5. The lowest BCUT2D eigenvalue weighted by Crippen LogP contribution is -2.23. The molecule has 0 saturated heterocycles. The maximum absolute atomic E-state index is 4.37. The summed E-state index contributed by atoms with van der Waals surface area (Å²) in [5.41, 5.74) is 3.55. The van der Waals surface area contributed by atoms with Gasteiger partial charge in [0.25, 0.3) is 0 Å². The number of hydrogen-bond donors (Lipinski definition) is 1. The van der Waals surface area contributed by atoms with Crippen LogP contribution in [0.1, 0.15) is 33.3 Å². The first-order valence-electron chi connectivity index (χ1n) is 8.82. The Morgan fingerprint density at radius 2 is 1.54 bits per heavy atom. The quantitative estimate of drug-likeness (QED) is 0.786. The van der Waals surface area contributed by atoms with E-state index >= 15 is 0 Å². The number of anilines is 4. The number of benzene rings is 1. The first kappa shape index (κ1) is 18.0. The predicted molar refractivity (Wildman–Crippen MR) is 104 cm³/mol. The van der Waals surface area contributed by atoms with E-state index in [4.69, 9.17) is 0 Å². The molecule has 0 aliphatic carbocycles. The Morgan fingerprint density at radius 1 is 0.875 bits per heavy atom. The predicted octanol–water partition coefficient (Wildman–Crippen LogP) is 4.22. The lowest BCUT2D eigenvalue weighted by molar-refractivity contribution is 0.842. The fourth-order valence-electron chi connectivity index (χ4n) is 2.85. The molecule has 0 fully saturated rings. The minimum Gasteiger partial charge on any atom is -0.372 e. The molecule has 24 heavy (non-hydrogen) atoms. The second-order valence-corrected chi connectivity index (χ2v) is 5.73. The van der Waals surface area contributed by atoms with Crippen LogP contribution in [0, 0.1) is 6.92 Å². The summed E-state index contributed by atoms with van der Waals surface area (Å²) in [5.74, 6) is 1.78. The van der Waals surface area contributed by atoms with Gasteiger partial charge in [-0.1, -0.05) is 0 Å². The van der Waals surface area contributed by atoms with E-state index in [0.29, 0.717) is 0 Å². The molecule has 0 aliphatic rings. The van der Waals surface area contributed by atoms with Crippen molar-refractivity contribution in [2.45, 2.75) is 34.6 Å². The Bertz CT molecular complexity index is 648. The summed E-state index contributed by atoms with van der Waals surface area (Å²) in [4.78, 5) is 13.3. The minimum absolute atomic E-state index is 0.825. The average molecular weight is 327 g/mol. The van der Waals surface area contributed by atoms with E-state index < -0.39 is 0 Å². The van der Waals surface area contributed by atoms with Gasteiger partial charge in [0.05, 0.1) is 0 Å². The monoisotopic (exact) mass is 327 g/mol. The van der Waals surface area contributed by atoms with Crippen molar-refractivity contribution in [2.24, 2.45) is 0 Å². The van der Waals surface area contributed by atoms with E-state index in [2.05, 4.69) is 77.9 Å². The molecular formula is C19H29N5. The molecule has 0 aliphatic heterocycles. The van der Waals surface area contributed by atoms with E-state index in [1.165, 1.54) is 11.3 Å². The molecule has 1 N–H and O–H groups in total. The van der Waals surface area contributed by atoms with Gasteiger partial charge in [-0.05, 0) is 58.4 Å². The highest BCUT2D eigenvalue weighted by molar-refractivity contribution is 5.66. The van der Waals surface area contributed by atoms with Crippen LogP contribution >= 0.6 is 0 Å². The maximum atomic E-state index is 4.37. The fourth-order valence-corrected chi connectivity index (χ4v) is 2.85. The van der Waals surface area contributed by atoms with Gasteiger partial charge in [0.2, 0.25) is 0 Å². The fraction of sp³-hybridized carbons (Fsp3) is 0.474. The largest absolute Gasteiger partial charge is 0.372 e. The van der Waals surface area contributed by atoms with Crippen LogP contribution in [0.25, 0.3) is 0 Å². The van der Waals surface area contributed by atoms with Crippen LogP contribution in [0.4, 0.5) is 23.0 Å². The maximum Gasteiger partial charge on any atom is 0.135 e. The van der Waals surface area contributed by atoms with Crippen molar-refractivity contribution in [1.82, 2.24) is 9.97 Å². The highest BCUT2D eigenvalue weighted by Crippen LogP contribution is 2.25. The zero-order valence-corrected chi connectivity index (χ0v) is 15.5. The molecule has 5 heteroatoms. The van der Waals surface area contributed by atoms with Gasteiger partial charge in [-0.15, -0.1) is 0 Å². The van der Waals surface area contributed by atoms with E-state index in [-0.39, 0.29) is 0 Å². The number of rotatable bonds is 8. The molecule has 0 radical (unpaired) electrons. The first-order valence-corrected chi connectivity index (χ1v) is 8.82. The highest BCUT2D eigenvalue weighted by atomic mass is 15.2.